The Balaban J connectivity index is 1.29. The van der Waals surface area contributed by atoms with Gasteiger partial charge in [-0.15, -0.1) is 0 Å². The lowest BCUT2D eigenvalue weighted by molar-refractivity contribution is 0.112. The Hall–Kier alpha value is -4.14. The number of carbonyl (C=O) groups excluding carboxylic acids is 1. The van der Waals surface area contributed by atoms with Crippen molar-refractivity contribution in [1.29, 1.82) is 0 Å². The predicted molar refractivity (Wildman–Crippen MR) is 163 cm³/mol. The highest BCUT2D eigenvalue weighted by atomic mass is 16.5. The number of ether oxygens (including phenoxy) is 3. The van der Waals surface area contributed by atoms with Crippen LogP contribution in [0.2, 0.25) is 0 Å². The van der Waals surface area contributed by atoms with Gasteiger partial charge in [0.1, 0.15) is 0 Å². The minimum atomic E-state index is 0.548. The van der Waals surface area contributed by atoms with Crippen LogP contribution in [-0.2, 0) is 13.1 Å². The first-order chi connectivity index (χ1) is 19.9. The number of benzene rings is 3. The summed E-state index contributed by atoms with van der Waals surface area (Å²) in [5, 5.41) is 4.45. The molecule has 0 unspecified atom stereocenters. The van der Waals surface area contributed by atoms with Crippen molar-refractivity contribution in [3.05, 3.63) is 82.5 Å². The van der Waals surface area contributed by atoms with Crippen LogP contribution in [0.3, 0.4) is 0 Å². The molecule has 0 atom stereocenters. The van der Waals surface area contributed by atoms with Crippen molar-refractivity contribution in [2.24, 2.45) is 0 Å². The molecule has 1 aliphatic rings. The lowest BCUT2D eigenvalue weighted by Crippen LogP contribution is -2.45. The molecule has 8 heteroatoms. The lowest BCUT2D eigenvalue weighted by atomic mass is 10.0. The molecule has 0 radical (unpaired) electrons. The van der Waals surface area contributed by atoms with Crippen molar-refractivity contribution in [2.75, 3.05) is 52.8 Å². The number of aryl methyl sites for hydroxylation is 2. The highest BCUT2D eigenvalue weighted by Crippen LogP contribution is 2.40. The summed E-state index contributed by atoms with van der Waals surface area (Å²) in [4.78, 5) is 21.4. The first-order valence-electron chi connectivity index (χ1n) is 13.9. The Morgan fingerprint density at radius 1 is 0.829 bits per heavy atom. The quantitative estimate of drug-likeness (QED) is 0.248. The van der Waals surface area contributed by atoms with E-state index in [-0.39, 0.29) is 0 Å². The fourth-order valence-electron chi connectivity index (χ4n) is 5.44. The molecule has 1 aromatic heterocycles. The highest BCUT2D eigenvalue weighted by Gasteiger charge is 2.22. The zero-order valence-electron chi connectivity index (χ0n) is 24.5. The molecule has 1 saturated heterocycles. The standard InChI is InChI=1S/C33H38N4O4/c1-22-6-9-27(16-23(22)2)35-31-26(21-38)18-34-29-10-7-24(17-28(29)31)19-36-12-14-37(15-13-36)20-25-8-11-30(39-3)33(41-5)32(25)40-4/h6-11,16-18,21H,12-15,19-20H2,1-5H3,(H,34,35). The van der Waals surface area contributed by atoms with E-state index in [1.165, 1.54) is 16.7 Å². The van der Waals surface area contributed by atoms with E-state index in [0.29, 0.717) is 17.1 Å². The fraction of sp³-hybridized carbons (Fsp3) is 0.333. The van der Waals surface area contributed by atoms with Crippen LogP contribution in [-0.4, -0.2) is 68.6 Å². The van der Waals surface area contributed by atoms with Gasteiger partial charge in [0.05, 0.1) is 38.1 Å². The maximum absolute atomic E-state index is 11.9. The maximum atomic E-state index is 11.9. The second-order valence-electron chi connectivity index (χ2n) is 10.5. The summed E-state index contributed by atoms with van der Waals surface area (Å²) in [7, 11) is 4.93. The molecule has 0 aliphatic carbocycles. The molecule has 8 nitrogen and oxygen atoms in total. The van der Waals surface area contributed by atoms with Crippen LogP contribution < -0.4 is 19.5 Å². The largest absolute Gasteiger partial charge is 0.493 e. The second kappa shape index (κ2) is 12.6. The average Bonchev–Trinajstić information content (AvgIpc) is 2.99. The normalized spacial score (nSPS) is 14.2. The summed E-state index contributed by atoms with van der Waals surface area (Å²) in [6.07, 6.45) is 2.51. The van der Waals surface area contributed by atoms with Crippen LogP contribution >= 0.6 is 0 Å². The smallest absolute Gasteiger partial charge is 0.203 e. The average molecular weight is 555 g/mol. The summed E-state index contributed by atoms with van der Waals surface area (Å²) in [5.41, 5.74) is 7.86. The SMILES string of the molecule is COc1ccc(CN2CCN(Cc3ccc4ncc(C=O)c(Nc5ccc(C)c(C)c5)c4c3)CC2)c(OC)c1OC. The number of aldehydes is 1. The van der Waals surface area contributed by atoms with Crippen LogP contribution in [0.25, 0.3) is 10.9 Å². The van der Waals surface area contributed by atoms with Crippen molar-refractivity contribution < 1.29 is 19.0 Å². The zero-order chi connectivity index (χ0) is 28.9. The van der Waals surface area contributed by atoms with Gasteiger partial charge in [-0.05, 0) is 60.9 Å². The molecule has 0 bridgehead atoms. The van der Waals surface area contributed by atoms with Crippen molar-refractivity contribution in [3.63, 3.8) is 0 Å². The number of pyridine rings is 1. The molecule has 0 amide bonds. The molecule has 1 N–H and O–H groups in total. The van der Waals surface area contributed by atoms with E-state index in [4.69, 9.17) is 14.2 Å². The van der Waals surface area contributed by atoms with Gasteiger partial charge in [-0.2, -0.15) is 0 Å². The van der Waals surface area contributed by atoms with Gasteiger partial charge >= 0.3 is 0 Å². The third-order valence-electron chi connectivity index (χ3n) is 7.92. The van der Waals surface area contributed by atoms with Gasteiger partial charge in [-0.25, -0.2) is 0 Å². The van der Waals surface area contributed by atoms with Crippen LogP contribution in [0.5, 0.6) is 17.2 Å². The Kier molecular flexibility index (Phi) is 8.71. The van der Waals surface area contributed by atoms with Gasteiger partial charge in [0, 0.05) is 62.1 Å². The van der Waals surface area contributed by atoms with Gasteiger partial charge < -0.3 is 19.5 Å². The number of anilines is 2. The summed E-state index contributed by atoms with van der Waals surface area (Å²) in [6.45, 7) is 9.59. The number of carbonyl (C=O) groups is 1. The Labute approximate surface area is 241 Å². The fourth-order valence-corrected chi connectivity index (χ4v) is 5.44. The van der Waals surface area contributed by atoms with E-state index in [9.17, 15) is 4.79 Å². The Morgan fingerprint density at radius 2 is 1.56 bits per heavy atom. The van der Waals surface area contributed by atoms with Gasteiger partial charge in [0.15, 0.2) is 17.8 Å². The minimum Gasteiger partial charge on any atom is -0.493 e. The molecule has 1 fully saturated rings. The first kappa shape index (κ1) is 28.4. The summed E-state index contributed by atoms with van der Waals surface area (Å²) in [6, 6.07) is 16.6. The Morgan fingerprint density at radius 3 is 2.22 bits per heavy atom. The molecule has 0 saturated carbocycles. The van der Waals surface area contributed by atoms with Crippen molar-refractivity contribution >= 4 is 28.6 Å². The number of piperazine rings is 1. The highest BCUT2D eigenvalue weighted by molar-refractivity contribution is 6.01. The van der Waals surface area contributed by atoms with E-state index in [0.717, 1.165) is 79.1 Å². The predicted octanol–water partition coefficient (Wildman–Crippen LogP) is 5.75. The molecule has 5 rings (SSSR count). The van der Waals surface area contributed by atoms with E-state index in [1.807, 2.05) is 24.3 Å². The third-order valence-corrected chi connectivity index (χ3v) is 7.92. The molecule has 3 aromatic carbocycles. The number of nitrogens with one attached hydrogen (secondary N) is 1. The number of rotatable bonds is 10. The van der Waals surface area contributed by atoms with Gasteiger partial charge in [0.2, 0.25) is 5.75 Å². The topological polar surface area (TPSA) is 76.2 Å². The van der Waals surface area contributed by atoms with Crippen LogP contribution in [0.4, 0.5) is 11.4 Å². The van der Waals surface area contributed by atoms with Crippen molar-refractivity contribution in [1.82, 2.24) is 14.8 Å². The number of hydrogen-bond donors (Lipinski definition) is 1. The molecular formula is C33H38N4O4. The molecule has 214 valence electrons. The number of fused-ring (bicyclic) bond motifs is 1. The molecule has 4 aromatic rings. The summed E-state index contributed by atoms with van der Waals surface area (Å²) in [5.74, 6) is 2.01. The number of aromatic nitrogens is 1. The third kappa shape index (κ3) is 6.14. The lowest BCUT2D eigenvalue weighted by Gasteiger charge is -2.35. The van der Waals surface area contributed by atoms with E-state index in [1.54, 1.807) is 27.5 Å². The molecular weight excluding hydrogens is 516 g/mol. The second-order valence-corrected chi connectivity index (χ2v) is 10.5. The summed E-state index contributed by atoms with van der Waals surface area (Å²) >= 11 is 0. The zero-order valence-corrected chi connectivity index (χ0v) is 24.5. The van der Waals surface area contributed by atoms with Crippen molar-refractivity contribution in [2.45, 2.75) is 26.9 Å². The molecule has 1 aliphatic heterocycles. The molecule has 41 heavy (non-hydrogen) atoms. The van der Waals surface area contributed by atoms with Gasteiger partial charge in [-0.1, -0.05) is 18.2 Å². The van der Waals surface area contributed by atoms with Gasteiger partial charge in [0.25, 0.3) is 0 Å². The van der Waals surface area contributed by atoms with E-state index in [2.05, 4.69) is 58.2 Å². The minimum absolute atomic E-state index is 0.548. The Bertz CT molecular complexity index is 1550. The van der Waals surface area contributed by atoms with E-state index < -0.39 is 0 Å². The monoisotopic (exact) mass is 554 g/mol. The van der Waals surface area contributed by atoms with Gasteiger partial charge in [-0.3, -0.25) is 19.6 Å². The maximum Gasteiger partial charge on any atom is 0.203 e. The van der Waals surface area contributed by atoms with Crippen molar-refractivity contribution in [3.8, 4) is 17.2 Å². The van der Waals surface area contributed by atoms with Crippen LogP contribution in [0.15, 0.2) is 54.7 Å². The number of nitrogens with zero attached hydrogens (tertiary/aromatic N) is 3. The number of hydrogen-bond acceptors (Lipinski definition) is 8. The van der Waals surface area contributed by atoms with Crippen LogP contribution in [0, 0.1) is 13.8 Å². The number of methoxy groups -OCH3 is 3. The molecule has 0 spiro atoms. The summed E-state index contributed by atoms with van der Waals surface area (Å²) < 4.78 is 16.7. The van der Waals surface area contributed by atoms with Crippen LogP contribution in [0.1, 0.15) is 32.6 Å². The van der Waals surface area contributed by atoms with E-state index >= 15 is 0 Å². The molecule has 2 heterocycles. The first-order valence-corrected chi connectivity index (χ1v) is 13.9.